The number of morpholine rings is 1. The first-order valence-electron chi connectivity index (χ1n) is 6.96. The molecule has 5 nitrogen and oxygen atoms in total. The lowest BCUT2D eigenvalue weighted by Crippen LogP contribution is -2.53. The first-order valence-corrected chi connectivity index (χ1v) is 7.36. The summed E-state index contributed by atoms with van der Waals surface area (Å²) in [7, 11) is 3.27. The standard InChI is InChI=1S/C15H22N2O3S/c1-10-8-20-9-11(2)17(10)15(21)16-13-7-12(18-3)5-6-14(13)19-4/h5-7,10-11H,8-9H2,1-4H3,(H,16,21). The zero-order valence-corrected chi connectivity index (χ0v) is 13.7. The second-order valence-electron chi connectivity index (χ2n) is 5.14. The highest BCUT2D eigenvalue weighted by Gasteiger charge is 2.27. The lowest BCUT2D eigenvalue weighted by atomic mass is 10.2. The van der Waals surface area contributed by atoms with E-state index in [1.165, 1.54) is 0 Å². The van der Waals surface area contributed by atoms with Gasteiger partial charge in [0, 0.05) is 6.07 Å². The van der Waals surface area contributed by atoms with Gasteiger partial charge in [0.15, 0.2) is 5.11 Å². The van der Waals surface area contributed by atoms with Gasteiger partial charge in [0.25, 0.3) is 0 Å². The van der Waals surface area contributed by atoms with Gasteiger partial charge in [-0.1, -0.05) is 0 Å². The molecule has 2 atom stereocenters. The van der Waals surface area contributed by atoms with Crippen LogP contribution in [0.3, 0.4) is 0 Å². The van der Waals surface area contributed by atoms with E-state index in [1.54, 1.807) is 14.2 Å². The molecule has 1 aromatic rings. The summed E-state index contributed by atoms with van der Waals surface area (Å²) >= 11 is 5.56. The Kier molecular flexibility index (Phi) is 5.25. The quantitative estimate of drug-likeness (QED) is 0.865. The summed E-state index contributed by atoms with van der Waals surface area (Å²) < 4.78 is 16.1. The first kappa shape index (κ1) is 15.9. The summed E-state index contributed by atoms with van der Waals surface area (Å²) in [6, 6.07) is 6.07. The third-order valence-corrected chi connectivity index (χ3v) is 3.86. The Hall–Kier alpha value is -1.53. The zero-order chi connectivity index (χ0) is 15.4. The fourth-order valence-corrected chi connectivity index (χ4v) is 2.97. The van der Waals surface area contributed by atoms with Crippen molar-refractivity contribution in [1.29, 1.82) is 0 Å². The van der Waals surface area contributed by atoms with Crippen LogP contribution in [0.2, 0.25) is 0 Å². The summed E-state index contributed by atoms with van der Waals surface area (Å²) in [5, 5.41) is 3.93. The lowest BCUT2D eigenvalue weighted by Gasteiger charge is -2.40. The number of methoxy groups -OCH3 is 2. The van der Waals surface area contributed by atoms with Crippen molar-refractivity contribution in [2.24, 2.45) is 0 Å². The van der Waals surface area contributed by atoms with E-state index in [-0.39, 0.29) is 12.1 Å². The van der Waals surface area contributed by atoms with Crippen molar-refractivity contribution < 1.29 is 14.2 Å². The van der Waals surface area contributed by atoms with Crippen LogP contribution >= 0.6 is 12.2 Å². The Labute approximate surface area is 131 Å². The molecular formula is C15H22N2O3S. The average Bonchev–Trinajstić information content (AvgIpc) is 2.47. The Morgan fingerprint density at radius 2 is 1.90 bits per heavy atom. The molecule has 0 radical (unpaired) electrons. The molecule has 0 aliphatic carbocycles. The Morgan fingerprint density at radius 1 is 1.24 bits per heavy atom. The third-order valence-electron chi connectivity index (χ3n) is 3.55. The van der Waals surface area contributed by atoms with Gasteiger partial charge >= 0.3 is 0 Å². The summed E-state index contributed by atoms with van der Waals surface area (Å²) in [6.45, 7) is 5.57. The van der Waals surface area contributed by atoms with Crippen molar-refractivity contribution in [2.45, 2.75) is 25.9 Å². The zero-order valence-electron chi connectivity index (χ0n) is 12.9. The second-order valence-corrected chi connectivity index (χ2v) is 5.53. The van der Waals surface area contributed by atoms with Gasteiger partial charge in [-0.05, 0) is 38.2 Å². The van der Waals surface area contributed by atoms with Crippen molar-refractivity contribution in [2.75, 3.05) is 32.8 Å². The van der Waals surface area contributed by atoms with E-state index >= 15 is 0 Å². The minimum atomic E-state index is 0.241. The monoisotopic (exact) mass is 310 g/mol. The third kappa shape index (κ3) is 3.57. The number of benzene rings is 1. The number of anilines is 1. The number of nitrogens with one attached hydrogen (secondary N) is 1. The van der Waals surface area contributed by atoms with Crippen LogP contribution in [0.15, 0.2) is 18.2 Å². The number of hydrogen-bond acceptors (Lipinski definition) is 4. The molecule has 0 saturated carbocycles. The highest BCUT2D eigenvalue weighted by molar-refractivity contribution is 7.80. The predicted octanol–water partition coefficient (Wildman–Crippen LogP) is 2.51. The van der Waals surface area contributed by atoms with Crippen molar-refractivity contribution in [3.05, 3.63) is 18.2 Å². The predicted molar refractivity (Wildman–Crippen MR) is 87.3 cm³/mol. The van der Waals surface area contributed by atoms with Crippen LogP contribution in [-0.2, 0) is 4.74 Å². The SMILES string of the molecule is COc1ccc(OC)c(NC(=S)N2C(C)COCC2C)c1. The Bertz CT molecular complexity index is 500. The molecule has 21 heavy (non-hydrogen) atoms. The van der Waals surface area contributed by atoms with E-state index in [0.29, 0.717) is 18.3 Å². The van der Waals surface area contributed by atoms with Crippen molar-refractivity contribution in [3.8, 4) is 11.5 Å². The molecule has 0 aromatic heterocycles. The van der Waals surface area contributed by atoms with Gasteiger partial charge in [0.2, 0.25) is 0 Å². The van der Waals surface area contributed by atoms with Gasteiger partial charge in [-0.25, -0.2) is 0 Å². The summed E-state index contributed by atoms with van der Waals surface area (Å²) in [5.74, 6) is 1.48. The first-order chi connectivity index (χ1) is 10.1. The van der Waals surface area contributed by atoms with E-state index in [0.717, 1.165) is 17.2 Å². The van der Waals surface area contributed by atoms with Gasteiger partial charge in [-0.2, -0.15) is 0 Å². The number of nitrogens with zero attached hydrogens (tertiary/aromatic N) is 1. The van der Waals surface area contributed by atoms with E-state index in [9.17, 15) is 0 Å². The fourth-order valence-electron chi connectivity index (χ4n) is 2.50. The van der Waals surface area contributed by atoms with Crippen LogP contribution < -0.4 is 14.8 Å². The summed E-state index contributed by atoms with van der Waals surface area (Å²) in [4.78, 5) is 2.16. The Balaban J connectivity index is 2.18. The van der Waals surface area contributed by atoms with Gasteiger partial charge in [-0.15, -0.1) is 0 Å². The Morgan fingerprint density at radius 3 is 2.48 bits per heavy atom. The van der Waals surface area contributed by atoms with Crippen LogP contribution in [0.5, 0.6) is 11.5 Å². The smallest absolute Gasteiger partial charge is 0.174 e. The molecule has 6 heteroatoms. The minimum absolute atomic E-state index is 0.241. The molecule has 1 aliphatic heterocycles. The van der Waals surface area contributed by atoms with Crippen LogP contribution in [0.4, 0.5) is 5.69 Å². The van der Waals surface area contributed by atoms with E-state index in [1.807, 2.05) is 18.2 Å². The summed E-state index contributed by atoms with van der Waals surface area (Å²) in [5.41, 5.74) is 0.799. The van der Waals surface area contributed by atoms with E-state index < -0.39 is 0 Å². The molecular weight excluding hydrogens is 288 g/mol. The molecule has 0 bridgehead atoms. The summed E-state index contributed by atoms with van der Waals surface area (Å²) in [6.07, 6.45) is 0. The maximum Gasteiger partial charge on any atom is 0.174 e. The van der Waals surface area contributed by atoms with Gasteiger partial charge in [0.1, 0.15) is 11.5 Å². The topological polar surface area (TPSA) is 43.0 Å². The lowest BCUT2D eigenvalue weighted by molar-refractivity contribution is 0.000566. The molecule has 1 aromatic carbocycles. The van der Waals surface area contributed by atoms with Gasteiger partial charge in [0.05, 0.1) is 45.2 Å². The molecule has 0 spiro atoms. The molecule has 1 fully saturated rings. The second kappa shape index (κ2) is 6.95. The number of hydrogen-bond donors (Lipinski definition) is 1. The maximum absolute atomic E-state index is 5.56. The number of rotatable bonds is 3. The largest absolute Gasteiger partial charge is 0.497 e. The molecule has 1 saturated heterocycles. The van der Waals surface area contributed by atoms with Crippen LogP contribution in [0, 0.1) is 0 Å². The molecule has 116 valence electrons. The highest BCUT2D eigenvalue weighted by atomic mass is 32.1. The van der Waals surface area contributed by atoms with Crippen molar-refractivity contribution in [3.63, 3.8) is 0 Å². The molecule has 2 unspecified atom stereocenters. The van der Waals surface area contributed by atoms with Gasteiger partial charge in [-0.3, -0.25) is 0 Å². The minimum Gasteiger partial charge on any atom is -0.497 e. The number of ether oxygens (including phenoxy) is 3. The normalized spacial score (nSPS) is 21.8. The molecule has 2 rings (SSSR count). The number of thiocarbonyl (C=S) groups is 1. The fraction of sp³-hybridized carbons (Fsp3) is 0.533. The van der Waals surface area contributed by atoms with Crippen LogP contribution in [0.25, 0.3) is 0 Å². The molecule has 0 amide bonds. The van der Waals surface area contributed by atoms with Crippen LogP contribution in [0.1, 0.15) is 13.8 Å². The maximum atomic E-state index is 5.56. The average molecular weight is 310 g/mol. The van der Waals surface area contributed by atoms with Crippen molar-refractivity contribution in [1.82, 2.24) is 4.90 Å². The molecule has 1 aliphatic rings. The van der Waals surface area contributed by atoms with E-state index in [2.05, 4.69) is 24.1 Å². The van der Waals surface area contributed by atoms with E-state index in [4.69, 9.17) is 26.4 Å². The van der Waals surface area contributed by atoms with Gasteiger partial charge < -0.3 is 24.4 Å². The van der Waals surface area contributed by atoms with Crippen molar-refractivity contribution >= 4 is 23.0 Å². The van der Waals surface area contributed by atoms with Crippen LogP contribution in [-0.4, -0.2) is 49.5 Å². The highest BCUT2D eigenvalue weighted by Crippen LogP contribution is 2.29. The molecule has 1 N–H and O–H groups in total. The molecule has 1 heterocycles.